The summed E-state index contributed by atoms with van der Waals surface area (Å²) >= 11 is 0. The Morgan fingerprint density at radius 3 is 2.58 bits per heavy atom. The second kappa shape index (κ2) is 10.7. The normalized spacial score (nSPS) is 11.4. The molecule has 7 heteroatoms. The quantitative estimate of drug-likeness (QED) is 0.266. The van der Waals surface area contributed by atoms with Crippen LogP contribution < -0.4 is 10.1 Å². The number of carbonyl (C=O) groups excluding carboxylic acids is 1. The second-order valence-corrected chi connectivity index (χ2v) is 8.62. The van der Waals surface area contributed by atoms with Crippen molar-refractivity contribution < 1.29 is 13.9 Å². The third-order valence-corrected chi connectivity index (χ3v) is 6.40. The summed E-state index contributed by atoms with van der Waals surface area (Å²) < 4.78 is 13.7. The van der Waals surface area contributed by atoms with Gasteiger partial charge in [-0.15, -0.1) is 0 Å². The van der Waals surface area contributed by atoms with Crippen LogP contribution in [-0.2, 0) is 13.2 Å². The largest absolute Gasteiger partial charge is 0.486 e. The molecule has 2 heterocycles. The van der Waals surface area contributed by atoms with Crippen LogP contribution >= 0.6 is 0 Å². The molecule has 5 aromatic rings. The molecule has 1 N–H and O–H groups in total. The van der Waals surface area contributed by atoms with Gasteiger partial charge in [0.2, 0.25) is 5.95 Å². The lowest BCUT2D eigenvalue weighted by atomic mass is 10.1. The van der Waals surface area contributed by atoms with Crippen LogP contribution in [0.3, 0.4) is 0 Å². The van der Waals surface area contributed by atoms with Crippen LogP contribution in [0, 0.1) is 0 Å². The van der Waals surface area contributed by atoms with Gasteiger partial charge in [0, 0.05) is 13.1 Å². The second-order valence-electron chi connectivity index (χ2n) is 8.62. The van der Waals surface area contributed by atoms with Gasteiger partial charge in [-0.05, 0) is 60.3 Å². The smallest absolute Gasteiger partial charge is 0.293 e. The van der Waals surface area contributed by atoms with Crippen LogP contribution in [0.1, 0.15) is 30.2 Å². The van der Waals surface area contributed by atoms with Crippen LogP contribution in [0.25, 0.3) is 21.8 Å². The molecule has 3 aromatic carbocycles. The number of para-hydroxylation sites is 2. The standard InChI is InChI=1S/C29H30N4O3/c1-3-32(4-2)17-18-33-26-12-8-7-11-25(26)30-29(33)31-28(34)27-16-15-24(36-27)20-35-23-14-13-21-9-5-6-10-22(21)19-23/h5-16,19H,3-4,17-18,20H2,1-2H3,(H,30,31,34). The van der Waals surface area contributed by atoms with Crippen LogP contribution in [0.2, 0.25) is 0 Å². The summed E-state index contributed by atoms with van der Waals surface area (Å²) in [6.07, 6.45) is 0. The van der Waals surface area contributed by atoms with E-state index in [1.165, 1.54) is 0 Å². The number of carbonyl (C=O) groups is 1. The van der Waals surface area contributed by atoms with Crippen molar-refractivity contribution in [2.24, 2.45) is 0 Å². The Morgan fingerprint density at radius 2 is 1.75 bits per heavy atom. The number of furan rings is 1. The van der Waals surface area contributed by atoms with Gasteiger partial charge >= 0.3 is 0 Å². The van der Waals surface area contributed by atoms with Gasteiger partial charge in [-0.3, -0.25) is 10.1 Å². The van der Waals surface area contributed by atoms with E-state index in [9.17, 15) is 4.79 Å². The number of rotatable bonds is 10. The molecule has 0 aliphatic rings. The number of hydrogen-bond acceptors (Lipinski definition) is 5. The molecular formula is C29H30N4O3. The number of anilines is 1. The number of likely N-dealkylation sites (N-methyl/N-ethyl adjacent to an activating group) is 1. The van der Waals surface area contributed by atoms with Gasteiger partial charge in [-0.1, -0.05) is 56.3 Å². The fraction of sp³-hybridized carbons (Fsp3) is 0.241. The first kappa shape index (κ1) is 23.6. The van der Waals surface area contributed by atoms with Gasteiger partial charge in [0.1, 0.15) is 18.1 Å². The lowest BCUT2D eigenvalue weighted by Crippen LogP contribution is -2.27. The zero-order valence-corrected chi connectivity index (χ0v) is 20.6. The molecule has 0 saturated heterocycles. The molecule has 0 radical (unpaired) electrons. The highest BCUT2D eigenvalue weighted by atomic mass is 16.5. The fourth-order valence-electron chi connectivity index (χ4n) is 4.33. The van der Waals surface area contributed by atoms with Crippen molar-refractivity contribution in [2.75, 3.05) is 25.0 Å². The monoisotopic (exact) mass is 482 g/mol. The van der Waals surface area contributed by atoms with Gasteiger partial charge < -0.3 is 18.6 Å². The number of benzene rings is 3. The molecule has 36 heavy (non-hydrogen) atoms. The molecule has 0 aliphatic heterocycles. The molecule has 0 unspecified atom stereocenters. The maximum absolute atomic E-state index is 13.0. The number of fused-ring (bicyclic) bond motifs is 2. The van der Waals surface area contributed by atoms with E-state index in [-0.39, 0.29) is 18.3 Å². The van der Waals surface area contributed by atoms with Crippen molar-refractivity contribution in [3.63, 3.8) is 0 Å². The summed E-state index contributed by atoms with van der Waals surface area (Å²) in [6, 6.07) is 25.4. The van der Waals surface area contributed by atoms with E-state index in [4.69, 9.17) is 9.15 Å². The number of amides is 1. The Kier molecular flexibility index (Phi) is 7.00. The molecule has 7 nitrogen and oxygen atoms in total. The molecule has 0 bridgehead atoms. The SMILES string of the molecule is CCN(CC)CCn1c(NC(=O)c2ccc(COc3ccc4ccccc4c3)o2)nc2ccccc21. The average Bonchev–Trinajstić information content (AvgIpc) is 3.53. The molecular weight excluding hydrogens is 452 g/mol. The average molecular weight is 483 g/mol. The molecule has 0 spiro atoms. The van der Waals surface area contributed by atoms with Gasteiger partial charge in [0.25, 0.3) is 5.91 Å². The summed E-state index contributed by atoms with van der Waals surface area (Å²) in [7, 11) is 0. The predicted molar refractivity (Wildman–Crippen MR) is 142 cm³/mol. The zero-order valence-electron chi connectivity index (χ0n) is 20.6. The minimum atomic E-state index is -0.341. The van der Waals surface area contributed by atoms with E-state index in [1.807, 2.05) is 60.7 Å². The number of hydrogen-bond donors (Lipinski definition) is 1. The van der Waals surface area contributed by atoms with Crippen LogP contribution in [0.15, 0.2) is 83.3 Å². The van der Waals surface area contributed by atoms with Gasteiger partial charge in [0.05, 0.1) is 11.0 Å². The zero-order chi connectivity index (χ0) is 24.9. The van der Waals surface area contributed by atoms with Crippen molar-refractivity contribution >= 4 is 33.7 Å². The molecule has 5 rings (SSSR count). The van der Waals surface area contributed by atoms with Crippen molar-refractivity contribution in [3.8, 4) is 5.75 Å². The maximum atomic E-state index is 13.0. The van der Waals surface area contributed by atoms with Crippen LogP contribution in [0.4, 0.5) is 5.95 Å². The van der Waals surface area contributed by atoms with Crippen molar-refractivity contribution in [2.45, 2.75) is 27.0 Å². The number of nitrogens with zero attached hydrogens (tertiary/aromatic N) is 3. The molecule has 0 saturated carbocycles. The third-order valence-electron chi connectivity index (χ3n) is 6.40. The first-order chi connectivity index (χ1) is 17.6. The molecule has 0 aliphatic carbocycles. The third kappa shape index (κ3) is 5.11. The highest BCUT2D eigenvalue weighted by Crippen LogP contribution is 2.23. The van der Waals surface area contributed by atoms with Gasteiger partial charge in [0.15, 0.2) is 5.76 Å². The Morgan fingerprint density at radius 1 is 0.972 bits per heavy atom. The predicted octanol–water partition coefficient (Wildman–Crippen LogP) is 5.96. The minimum Gasteiger partial charge on any atom is -0.486 e. The number of ether oxygens (including phenoxy) is 1. The Bertz CT molecular complexity index is 1480. The number of nitrogens with one attached hydrogen (secondary N) is 1. The van der Waals surface area contributed by atoms with E-state index in [2.05, 4.69) is 39.7 Å². The van der Waals surface area contributed by atoms with E-state index >= 15 is 0 Å². The summed E-state index contributed by atoms with van der Waals surface area (Å²) in [4.78, 5) is 20.0. The maximum Gasteiger partial charge on any atom is 0.293 e. The summed E-state index contributed by atoms with van der Waals surface area (Å²) in [6.45, 7) is 8.07. The van der Waals surface area contributed by atoms with E-state index in [0.29, 0.717) is 11.7 Å². The Labute approximate surface area is 210 Å². The number of imidazole rings is 1. The van der Waals surface area contributed by atoms with Gasteiger partial charge in [-0.2, -0.15) is 0 Å². The highest BCUT2D eigenvalue weighted by molar-refractivity contribution is 6.02. The van der Waals surface area contributed by atoms with Crippen LogP contribution in [-0.4, -0.2) is 40.0 Å². The molecule has 184 valence electrons. The van der Waals surface area contributed by atoms with Crippen LogP contribution in [0.5, 0.6) is 5.75 Å². The van der Waals surface area contributed by atoms with Gasteiger partial charge in [-0.25, -0.2) is 4.98 Å². The Balaban J connectivity index is 1.28. The van der Waals surface area contributed by atoms with Crippen molar-refractivity contribution in [1.82, 2.24) is 14.5 Å². The van der Waals surface area contributed by atoms with Crippen molar-refractivity contribution in [3.05, 3.63) is 90.4 Å². The number of aromatic nitrogens is 2. The topological polar surface area (TPSA) is 72.5 Å². The molecule has 0 fully saturated rings. The van der Waals surface area contributed by atoms with Crippen molar-refractivity contribution in [1.29, 1.82) is 0 Å². The molecule has 2 aromatic heterocycles. The van der Waals surface area contributed by atoms with E-state index < -0.39 is 0 Å². The summed E-state index contributed by atoms with van der Waals surface area (Å²) in [5.74, 6) is 1.71. The fourth-order valence-corrected chi connectivity index (χ4v) is 4.33. The minimum absolute atomic E-state index is 0.217. The lowest BCUT2D eigenvalue weighted by molar-refractivity contribution is 0.0991. The highest BCUT2D eigenvalue weighted by Gasteiger charge is 2.17. The van der Waals surface area contributed by atoms with E-state index in [1.54, 1.807) is 12.1 Å². The Hall–Kier alpha value is -4.10. The first-order valence-corrected chi connectivity index (χ1v) is 12.3. The molecule has 0 atom stereocenters. The first-order valence-electron chi connectivity index (χ1n) is 12.3. The molecule has 1 amide bonds. The summed E-state index contributed by atoms with van der Waals surface area (Å²) in [5.41, 5.74) is 1.83. The summed E-state index contributed by atoms with van der Waals surface area (Å²) in [5, 5.41) is 5.21. The van der Waals surface area contributed by atoms with E-state index in [0.717, 1.165) is 53.7 Å². The lowest BCUT2D eigenvalue weighted by Gasteiger charge is -2.19.